The number of carbonyl (C=O) groups is 1. The highest BCUT2D eigenvalue weighted by Crippen LogP contribution is 2.24. The van der Waals surface area contributed by atoms with Crippen molar-refractivity contribution >= 4 is 5.78 Å². The van der Waals surface area contributed by atoms with Gasteiger partial charge in [-0.1, -0.05) is 39.0 Å². The topological polar surface area (TPSA) is 17.1 Å². The first-order valence-electron chi connectivity index (χ1n) is 5.87. The Balaban J connectivity index is 2.32. The molecule has 1 rings (SSSR count). The van der Waals surface area contributed by atoms with E-state index in [9.17, 15) is 4.79 Å². The summed E-state index contributed by atoms with van der Waals surface area (Å²) in [6.07, 6.45) is 10.8. The van der Waals surface area contributed by atoms with E-state index in [4.69, 9.17) is 0 Å². The van der Waals surface area contributed by atoms with Gasteiger partial charge < -0.3 is 0 Å². The Kier molecular flexibility index (Phi) is 5.10. The van der Waals surface area contributed by atoms with Crippen molar-refractivity contribution in [2.45, 2.75) is 64.7 Å². The van der Waals surface area contributed by atoms with Crippen LogP contribution in [0.5, 0.6) is 0 Å². The van der Waals surface area contributed by atoms with Crippen molar-refractivity contribution in [3.8, 4) is 0 Å². The van der Waals surface area contributed by atoms with E-state index in [2.05, 4.69) is 6.92 Å². The number of ketones is 1. The molecule has 0 aromatic rings. The third kappa shape index (κ3) is 3.93. The third-order valence-electron chi connectivity index (χ3n) is 3.06. The Morgan fingerprint density at radius 3 is 2.15 bits per heavy atom. The van der Waals surface area contributed by atoms with Gasteiger partial charge in [0.1, 0.15) is 5.78 Å². The molecule has 1 aliphatic rings. The average molecular weight is 182 g/mol. The Bertz CT molecular complexity index is 143. The van der Waals surface area contributed by atoms with Gasteiger partial charge in [-0.05, 0) is 19.3 Å². The molecule has 0 aromatic heterocycles. The molecule has 1 fully saturated rings. The molecule has 0 atom stereocenters. The Hall–Kier alpha value is -0.330. The van der Waals surface area contributed by atoms with Crippen LogP contribution >= 0.6 is 0 Å². The van der Waals surface area contributed by atoms with Crippen molar-refractivity contribution in [2.75, 3.05) is 0 Å². The first-order chi connectivity index (χ1) is 6.34. The summed E-state index contributed by atoms with van der Waals surface area (Å²) in [5, 5.41) is 0. The molecular weight excluding hydrogens is 160 g/mol. The van der Waals surface area contributed by atoms with Gasteiger partial charge >= 0.3 is 0 Å². The van der Waals surface area contributed by atoms with Crippen LogP contribution in [-0.2, 0) is 4.79 Å². The van der Waals surface area contributed by atoms with E-state index in [0.717, 1.165) is 12.8 Å². The maximum absolute atomic E-state index is 11.7. The molecule has 0 radical (unpaired) electrons. The molecule has 1 heteroatoms. The predicted octanol–water partition coefficient (Wildman–Crippen LogP) is 3.72. The number of Topliss-reactive ketones (excluding diaryl/α,β-unsaturated/α-hetero) is 1. The lowest BCUT2D eigenvalue weighted by Gasteiger charge is -2.17. The molecule has 76 valence electrons. The zero-order valence-electron chi connectivity index (χ0n) is 8.85. The Labute approximate surface area is 81.9 Å². The van der Waals surface area contributed by atoms with Crippen molar-refractivity contribution < 1.29 is 4.79 Å². The minimum atomic E-state index is 0.417. The molecule has 0 amide bonds. The van der Waals surface area contributed by atoms with Crippen LogP contribution in [0.25, 0.3) is 0 Å². The number of hydrogen-bond acceptors (Lipinski definition) is 1. The minimum Gasteiger partial charge on any atom is -0.299 e. The van der Waals surface area contributed by atoms with Crippen LogP contribution in [0, 0.1) is 5.92 Å². The van der Waals surface area contributed by atoms with Gasteiger partial charge in [0.15, 0.2) is 0 Å². The highest BCUT2D eigenvalue weighted by atomic mass is 16.1. The second-order valence-electron chi connectivity index (χ2n) is 4.26. The van der Waals surface area contributed by atoms with E-state index >= 15 is 0 Å². The number of carbonyl (C=O) groups excluding carboxylic acids is 1. The van der Waals surface area contributed by atoms with E-state index in [-0.39, 0.29) is 0 Å². The second-order valence-corrected chi connectivity index (χ2v) is 4.26. The maximum Gasteiger partial charge on any atom is 0.135 e. The van der Waals surface area contributed by atoms with Crippen molar-refractivity contribution in [3.63, 3.8) is 0 Å². The fraction of sp³-hybridized carbons (Fsp3) is 0.917. The number of rotatable bonds is 3. The van der Waals surface area contributed by atoms with Gasteiger partial charge in [0, 0.05) is 12.3 Å². The van der Waals surface area contributed by atoms with E-state index in [1.165, 1.54) is 44.9 Å². The second kappa shape index (κ2) is 6.17. The van der Waals surface area contributed by atoms with Gasteiger partial charge in [-0.2, -0.15) is 0 Å². The normalized spacial score (nSPS) is 20.7. The van der Waals surface area contributed by atoms with Crippen molar-refractivity contribution in [1.29, 1.82) is 0 Å². The molecule has 0 N–H and O–H groups in total. The molecule has 1 saturated carbocycles. The predicted molar refractivity (Wildman–Crippen MR) is 55.7 cm³/mol. The van der Waals surface area contributed by atoms with Crippen LogP contribution in [0.4, 0.5) is 0 Å². The lowest BCUT2D eigenvalue weighted by Crippen LogP contribution is -2.15. The van der Waals surface area contributed by atoms with E-state index in [1.54, 1.807) is 0 Å². The summed E-state index contributed by atoms with van der Waals surface area (Å²) >= 11 is 0. The summed E-state index contributed by atoms with van der Waals surface area (Å²) in [6, 6.07) is 0. The zero-order valence-corrected chi connectivity index (χ0v) is 8.85. The highest BCUT2D eigenvalue weighted by molar-refractivity contribution is 5.80. The van der Waals surface area contributed by atoms with Crippen molar-refractivity contribution in [3.05, 3.63) is 0 Å². The van der Waals surface area contributed by atoms with Crippen LogP contribution in [0.1, 0.15) is 64.7 Å². The fourth-order valence-electron chi connectivity index (χ4n) is 2.23. The van der Waals surface area contributed by atoms with Crippen LogP contribution < -0.4 is 0 Å². The van der Waals surface area contributed by atoms with Crippen LogP contribution in [0.15, 0.2) is 0 Å². The minimum absolute atomic E-state index is 0.417. The first kappa shape index (κ1) is 10.7. The van der Waals surface area contributed by atoms with Gasteiger partial charge in [-0.25, -0.2) is 0 Å². The molecule has 1 aliphatic carbocycles. The zero-order chi connectivity index (χ0) is 9.52. The summed E-state index contributed by atoms with van der Waals surface area (Å²) in [4.78, 5) is 11.7. The van der Waals surface area contributed by atoms with Gasteiger partial charge in [0.2, 0.25) is 0 Å². The third-order valence-corrected chi connectivity index (χ3v) is 3.06. The monoisotopic (exact) mass is 182 g/mol. The summed E-state index contributed by atoms with van der Waals surface area (Å²) in [7, 11) is 0. The first-order valence-corrected chi connectivity index (χ1v) is 5.87. The summed E-state index contributed by atoms with van der Waals surface area (Å²) in [5.41, 5.74) is 0. The fourth-order valence-corrected chi connectivity index (χ4v) is 2.23. The molecule has 0 unspecified atom stereocenters. The SMILES string of the molecule is CCCC(=O)C1CCCCCCC1. The van der Waals surface area contributed by atoms with E-state index < -0.39 is 0 Å². The van der Waals surface area contributed by atoms with Crippen LogP contribution in [-0.4, -0.2) is 5.78 Å². The average Bonchev–Trinajstić information content (AvgIpc) is 2.03. The Morgan fingerprint density at radius 1 is 1.08 bits per heavy atom. The molecule has 0 heterocycles. The summed E-state index contributed by atoms with van der Waals surface area (Å²) in [5.74, 6) is 0.949. The van der Waals surface area contributed by atoms with Crippen LogP contribution in [0.2, 0.25) is 0 Å². The van der Waals surface area contributed by atoms with E-state index in [0.29, 0.717) is 11.7 Å². The quantitative estimate of drug-likeness (QED) is 0.650. The van der Waals surface area contributed by atoms with Crippen molar-refractivity contribution in [2.24, 2.45) is 5.92 Å². The molecule has 1 nitrogen and oxygen atoms in total. The molecule has 0 bridgehead atoms. The number of hydrogen-bond donors (Lipinski definition) is 0. The molecular formula is C12H22O. The lowest BCUT2D eigenvalue weighted by molar-refractivity contribution is -0.123. The largest absolute Gasteiger partial charge is 0.299 e. The highest BCUT2D eigenvalue weighted by Gasteiger charge is 2.17. The van der Waals surface area contributed by atoms with Gasteiger partial charge in [0.05, 0.1) is 0 Å². The van der Waals surface area contributed by atoms with Gasteiger partial charge in [-0.3, -0.25) is 4.79 Å². The Morgan fingerprint density at radius 2 is 1.62 bits per heavy atom. The molecule has 0 spiro atoms. The lowest BCUT2D eigenvalue weighted by atomic mass is 9.87. The molecule has 0 aliphatic heterocycles. The molecule has 13 heavy (non-hydrogen) atoms. The molecule has 0 saturated heterocycles. The van der Waals surface area contributed by atoms with Crippen molar-refractivity contribution in [1.82, 2.24) is 0 Å². The van der Waals surface area contributed by atoms with Gasteiger partial charge in [-0.15, -0.1) is 0 Å². The smallest absolute Gasteiger partial charge is 0.135 e. The summed E-state index contributed by atoms with van der Waals surface area (Å²) < 4.78 is 0. The van der Waals surface area contributed by atoms with E-state index in [1.807, 2.05) is 0 Å². The maximum atomic E-state index is 11.7. The molecule has 0 aromatic carbocycles. The van der Waals surface area contributed by atoms with Crippen LogP contribution in [0.3, 0.4) is 0 Å². The van der Waals surface area contributed by atoms with Gasteiger partial charge in [0.25, 0.3) is 0 Å². The standard InChI is InChI=1S/C12H22O/c1-2-8-12(13)11-9-6-4-3-5-7-10-11/h11H,2-10H2,1H3. The summed E-state index contributed by atoms with van der Waals surface area (Å²) in [6.45, 7) is 2.10.